The Morgan fingerprint density at radius 1 is 1.05 bits per heavy atom. The molecule has 21 heavy (non-hydrogen) atoms. The van der Waals surface area contributed by atoms with Gasteiger partial charge in [-0.05, 0) is 31.0 Å². The smallest absolute Gasteiger partial charge is 0.159 e. The second-order valence-corrected chi connectivity index (χ2v) is 5.69. The molecule has 0 saturated heterocycles. The third kappa shape index (κ3) is 2.91. The van der Waals surface area contributed by atoms with Crippen molar-refractivity contribution in [3.8, 4) is 11.3 Å². The monoisotopic (exact) mass is 291 g/mol. The lowest BCUT2D eigenvalue weighted by atomic mass is 10.1. The third-order valence-electron chi connectivity index (χ3n) is 4.15. The van der Waals surface area contributed by atoms with E-state index in [0.29, 0.717) is 23.0 Å². The highest BCUT2D eigenvalue weighted by atomic mass is 19.2. The standard InChI is InChI=1S/C16H19F2N3/c17-13-8-7-11(9-14(13)18)16-15(19)10-21(20-16)12-5-3-1-2-4-6-12/h7-10,12H,1-6,19H2. The molecule has 3 nitrogen and oxygen atoms in total. The van der Waals surface area contributed by atoms with E-state index in [-0.39, 0.29) is 0 Å². The molecule has 1 aliphatic rings. The quantitative estimate of drug-likeness (QED) is 0.838. The number of anilines is 1. The van der Waals surface area contributed by atoms with E-state index >= 15 is 0 Å². The average Bonchev–Trinajstić information content (AvgIpc) is 2.69. The maximum Gasteiger partial charge on any atom is 0.159 e. The van der Waals surface area contributed by atoms with Crippen molar-refractivity contribution >= 4 is 5.69 Å². The zero-order valence-corrected chi connectivity index (χ0v) is 11.9. The third-order valence-corrected chi connectivity index (χ3v) is 4.15. The highest BCUT2D eigenvalue weighted by Gasteiger charge is 2.18. The summed E-state index contributed by atoms with van der Waals surface area (Å²) in [7, 11) is 0. The van der Waals surface area contributed by atoms with Crippen LogP contribution in [0.1, 0.15) is 44.6 Å². The van der Waals surface area contributed by atoms with Crippen LogP contribution in [0.3, 0.4) is 0 Å². The van der Waals surface area contributed by atoms with E-state index in [4.69, 9.17) is 5.73 Å². The number of hydrogen-bond acceptors (Lipinski definition) is 2. The molecular weight excluding hydrogens is 272 g/mol. The van der Waals surface area contributed by atoms with Crippen molar-refractivity contribution in [2.45, 2.75) is 44.6 Å². The maximum absolute atomic E-state index is 13.4. The largest absolute Gasteiger partial charge is 0.396 e. The molecule has 0 radical (unpaired) electrons. The van der Waals surface area contributed by atoms with E-state index in [2.05, 4.69) is 5.10 Å². The molecule has 1 aromatic carbocycles. The van der Waals surface area contributed by atoms with Gasteiger partial charge in [-0.1, -0.05) is 25.7 Å². The number of halogens is 2. The summed E-state index contributed by atoms with van der Waals surface area (Å²) in [5.41, 5.74) is 7.55. The highest BCUT2D eigenvalue weighted by molar-refractivity contribution is 5.71. The molecule has 0 spiro atoms. The number of nitrogen functional groups attached to an aromatic ring is 1. The van der Waals surface area contributed by atoms with Gasteiger partial charge < -0.3 is 5.73 Å². The second kappa shape index (κ2) is 5.84. The first kappa shape index (κ1) is 14.0. The summed E-state index contributed by atoms with van der Waals surface area (Å²) in [6, 6.07) is 4.11. The lowest BCUT2D eigenvalue weighted by Crippen LogP contribution is -2.08. The summed E-state index contributed by atoms with van der Waals surface area (Å²) >= 11 is 0. The first-order chi connectivity index (χ1) is 10.1. The van der Waals surface area contributed by atoms with Gasteiger partial charge in [0.1, 0.15) is 5.69 Å². The fourth-order valence-electron chi connectivity index (χ4n) is 2.98. The van der Waals surface area contributed by atoms with Gasteiger partial charge in [-0.15, -0.1) is 0 Å². The Hall–Kier alpha value is -1.91. The zero-order chi connectivity index (χ0) is 14.8. The summed E-state index contributed by atoms with van der Waals surface area (Å²) in [5.74, 6) is -1.74. The summed E-state index contributed by atoms with van der Waals surface area (Å²) in [5, 5.41) is 4.52. The zero-order valence-electron chi connectivity index (χ0n) is 11.9. The molecule has 0 bridgehead atoms. The van der Waals surface area contributed by atoms with E-state index in [9.17, 15) is 8.78 Å². The van der Waals surface area contributed by atoms with Crippen molar-refractivity contribution in [1.29, 1.82) is 0 Å². The maximum atomic E-state index is 13.4. The molecule has 1 heterocycles. The van der Waals surface area contributed by atoms with Crippen LogP contribution in [0.25, 0.3) is 11.3 Å². The van der Waals surface area contributed by atoms with E-state index in [0.717, 1.165) is 25.0 Å². The SMILES string of the molecule is Nc1cn(C2CCCCCC2)nc1-c1ccc(F)c(F)c1. The van der Waals surface area contributed by atoms with E-state index in [1.165, 1.54) is 31.7 Å². The van der Waals surface area contributed by atoms with Crippen LogP contribution in [-0.2, 0) is 0 Å². The predicted molar refractivity (Wildman–Crippen MR) is 78.7 cm³/mol. The average molecular weight is 291 g/mol. The number of nitrogens with zero attached hydrogens (tertiary/aromatic N) is 2. The molecule has 2 aromatic rings. The van der Waals surface area contributed by atoms with Crippen LogP contribution in [0.15, 0.2) is 24.4 Å². The van der Waals surface area contributed by atoms with E-state index in [1.807, 2.05) is 10.9 Å². The van der Waals surface area contributed by atoms with Gasteiger partial charge >= 0.3 is 0 Å². The van der Waals surface area contributed by atoms with Gasteiger partial charge in [0.15, 0.2) is 11.6 Å². The fourth-order valence-corrected chi connectivity index (χ4v) is 2.98. The first-order valence-electron chi connectivity index (χ1n) is 7.45. The van der Waals surface area contributed by atoms with E-state index < -0.39 is 11.6 Å². The molecule has 1 fully saturated rings. The minimum absolute atomic E-state index is 0.355. The lowest BCUT2D eigenvalue weighted by Gasteiger charge is -2.14. The van der Waals surface area contributed by atoms with Gasteiger partial charge in [0.25, 0.3) is 0 Å². The number of rotatable bonds is 2. The van der Waals surface area contributed by atoms with Gasteiger partial charge in [0, 0.05) is 11.8 Å². The van der Waals surface area contributed by atoms with Crippen LogP contribution in [0.4, 0.5) is 14.5 Å². The molecule has 0 amide bonds. The van der Waals surface area contributed by atoms with Crippen molar-refractivity contribution < 1.29 is 8.78 Å². The van der Waals surface area contributed by atoms with Gasteiger partial charge in [-0.2, -0.15) is 5.10 Å². The second-order valence-electron chi connectivity index (χ2n) is 5.69. The summed E-state index contributed by atoms with van der Waals surface area (Å²) in [6.07, 6.45) is 8.94. The van der Waals surface area contributed by atoms with Crippen molar-refractivity contribution in [2.24, 2.45) is 0 Å². The first-order valence-corrected chi connectivity index (χ1v) is 7.45. The van der Waals surface area contributed by atoms with Gasteiger partial charge in [-0.25, -0.2) is 8.78 Å². The van der Waals surface area contributed by atoms with Gasteiger partial charge in [0.2, 0.25) is 0 Å². The van der Waals surface area contributed by atoms with Gasteiger partial charge in [-0.3, -0.25) is 4.68 Å². The minimum Gasteiger partial charge on any atom is -0.396 e. The van der Waals surface area contributed by atoms with Crippen molar-refractivity contribution in [1.82, 2.24) is 9.78 Å². The molecule has 112 valence electrons. The van der Waals surface area contributed by atoms with Crippen LogP contribution in [-0.4, -0.2) is 9.78 Å². The molecule has 1 aliphatic carbocycles. The summed E-state index contributed by atoms with van der Waals surface area (Å²) < 4.78 is 28.3. The number of benzene rings is 1. The lowest BCUT2D eigenvalue weighted by molar-refractivity contribution is 0.406. The molecule has 5 heteroatoms. The number of aromatic nitrogens is 2. The fraction of sp³-hybridized carbons (Fsp3) is 0.438. The Kier molecular flexibility index (Phi) is 3.90. The summed E-state index contributed by atoms with van der Waals surface area (Å²) in [6.45, 7) is 0. The van der Waals surface area contributed by atoms with Crippen LogP contribution in [0.5, 0.6) is 0 Å². The molecule has 0 unspecified atom stereocenters. The van der Waals surface area contributed by atoms with Crippen LogP contribution in [0.2, 0.25) is 0 Å². The van der Waals surface area contributed by atoms with Crippen LogP contribution >= 0.6 is 0 Å². The topological polar surface area (TPSA) is 43.8 Å². The minimum atomic E-state index is -0.879. The highest BCUT2D eigenvalue weighted by Crippen LogP contribution is 2.31. The molecule has 3 rings (SSSR count). The van der Waals surface area contributed by atoms with Crippen LogP contribution in [0, 0.1) is 11.6 Å². The molecule has 1 saturated carbocycles. The molecular formula is C16H19F2N3. The van der Waals surface area contributed by atoms with Crippen molar-refractivity contribution in [3.63, 3.8) is 0 Å². The normalized spacial score (nSPS) is 16.9. The van der Waals surface area contributed by atoms with Crippen LogP contribution < -0.4 is 5.73 Å². The number of nitrogens with two attached hydrogens (primary N) is 1. The Bertz CT molecular complexity index is 628. The van der Waals surface area contributed by atoms with Crippen molar-refractivity contribution in [3.05, 3.63) is 36.0 Å². The molecule has 0 aliphatic heterocycles. The van der Waals surface area contributed by atoms with Crippen molar-refractivity contribution in [2.75, 3.05) is 5.73 Å². The predicted octanol–water partition coefficient (Wildman–Crippen LogP) is 4.31. The Morgan fingerprint density at radius 3 is 2.43 bits per heavy atom. The number of hydrogen-bond donors (Lipinski definition) is 1. The molecule has 2 N–H and O–H groups in total. The Balaban J connectivity index is 1.91. The van der Waals surface area contributed by atoms with Gasteiger partial charge in [0.05, 0.1) is 11.7 Å². The summed E-state index contributed by atoms with van der Waals surface area (Å²) in [4.78, 5) is 0. The molecule has 0 atom stereocenters. The Morgan fingerprint density at radius 2 is 1.76 bits per heavy atom. The Labute approximate surface area is 122 Å². The molecule has 1 aromatic heterocycles. The van der Waals surface area contributed by atoms with E-state index in [1.54, 1.807) is 0 Å².